The molecule has 0 heterocycles. The Hall–Kier alpha value is -0.770. The van der Waals surface area contributed by atoms with E-state index in [1.165, 1.54) is 0 Å². The first-order valence-corrected chi connectivity index (χ1v) is 6.04. The van der Waals surface area contributed by atoms with E-state index in [-0.39, 0.29) is 11.6 Å². The number of hydrogen-bond donors (Lipinski definition) is 2. The average Bonchev–Trinajstić information content (AvgIpc) is 2.10. The molecular formula is C12H24N2O2. The number of alkyl carbamates (subject to hydrolysis) is 1. The van der Waals surface area contributed by atoms with Crippen LogP contribution in [0, 0.1) is 5.92 Å². The first-order chi connectivity index (χ1) is 7.33. The number of nitrogens with one attached hydrogen (secondary N) is 1. The van der Waals surface area contributed by atoms with E-state index in [0.717, 1.165) is 19.3 Å². The van der Waals surface area contributed by atoms with Gasteiger partial charge in [0.1, 0.15) is 5.60 Å². The van der Waals surface area contributed by atoms with Crippen molar-refractivity contribution in [1.82, 2.24) is 5.32 Å². The van der Waals surface area contributed by atoms with Crippen molar-refractivity contribution in [3.05, 3.63) is 0 Å². The quantitative estimate of drug-likeness (QED) is 0.776. The standard InChI is InChI=1S/C12H24N2O2/c1-5-12(7-6-9(12)8-13)14-10(15)16-11(2,3)4/h9H,5-8,13H2,1-4H3,(H,14,15)/t9?,12-/m1/s1. The second kappa shape index (κ2) is 4.62. The maximum absolute atomic E-state index is 11.7. The van der Waals surface area contributed by atoms with Gasteiger partial charge in [0.25, 0.3) is 0 Å². The lowest BCUT2D eigenvalue weighted by Crippen LogP contribution is -2.62. The SMILES string of the molecule is CC[C@@]1(NC(=O)OC(C)(C)C)CCC1CN. The van der Waals surface area contributed by atoms with Crippen LogP contribution in [-0.4, -0.2) is 23.8 Å². The molecule has 0 aromatic carbocycles. The largest absolute Gasteiger partial charge is 0.444 e. The van der Waals surface area contributed by atoms with Gasteiger partial charge in [-0.1, -0.05) is 6.92 Å². The Morgan fingerprint density at radius 3 is 2.50 bits per heavy atom. The Morgan fingerprint density at radius 1 is 1.56 bits per heavy atom. The first kappa shape index (κ1) is 13.3. The molecule has 0 spiro atoms. The van der Waals surface area contributed by atoms with Gasteiger partial charge in [0.2, 0.25) is 0 Å². The average molecular weight is 228 g/mol. The summed E-state index contributed by atoms with van der Waals surface area (Å²) in [6.45, 7) is 8.31. The molecule has 1 unspecified atom stereocenters. The molecule has 16 heavy (non-hydrogen) atoms. The molecule has 1 aliphatic carbocycles. The Labute approximate surface area is 97.9 Å². The number of rotatable bonds is 3. The fraction of sp³-hybridized carbons (Fsp3) is 0.917. The third-order valence-corrected chi connectivity index (χ3v) is 3.39. The normalized spacial score (nSPS) is 29.4. The first-order valence-electron chi connectivity index (χ1n) is 6.04. The third kappa shape index (κ3) is 2.88. The van der Waals surface area contributed by atoms with E-state index in [4.69, 9.17) is 10.5 Å². The van der Waals surface area contributed by atoms with Crippen LogP contribution in [0.1, 0.15) is 47.0 Å². The zero-order valence-corrected chi connectivity index (χ0v) is 10.8. The van der Waals surface area contributed by atoms with E-state index in [1.807, 2.05) is 20.8 Å². The summed E-state index contributed by atoms with van der Waals surface area (Å²) in [6.07, 6.45) is 2.69. The van der Waals surface area contributed by atoms with Crippen molar-refractivity contribution in [2.24, 2.45) is 11.7 Å². The minimum absolute atomic E-state index is 0.128. The second-order valence-corrected chi connectivity index (χ2v) is 5.61. The van der Waals surface area contributed by atoms with Gasteiger partial charge in [0.15, 0.2) is 0 Å². The fourth-order valence-electron chi connectivity index (χ4n) is 2.27. The Kier molecular flexibility index (Phi) is 3.84. The van der Waals surface area contributed by atoms with E-state index >= 15 is 0 Å². The predicted octanol–water partition coefficient (Wildman–Crippen LogP) is 2.03. The minimum atomic E-state index is -0.443. The second-order valence-electron chi connectivity index (χ2n) is 5.61. The van der Waals surface area contributed by atoms with Crippen molar-refractivity contribution in [3.8, 4) is 0 Å². The highest BCUT2D eigenvalue weighted by molar-refractivity contribution is 5.69. The summed E-state index contributed by atoms with van der Waals surface area (Å²) in [5.41, 5.74) is 5.12. The number of nitrogens with two attached hydrogens (primary N) is 1. The molecule has 1 amide bonds. The van der Waals surface area contributed by atoms with Gasteiger partial charge in [0, 0.05) is 5.54 Å². The number of carbonyl (C=O) groups excluding carboxylic acids is 1. The summed E-state index contributed by atoms with van der Waals surface area (Å²) in [7, 11) is 0. The molecule has 0 aromatic heterocycles. The van der Waals surface area contributed by atoms with Crippen molar-refractivity contribution in [3.63, 3.8) is 0 Å². The lowest BCUT2D eigenvalue weighted by Gasteiger charge is -2.49. The predicted molar refractivity (Wildman–Crippen MR) is 64.2 cm³/mol. The van der Waals surface area contributed by atoms with Gasteiger partial charge in [0.05, 0.1) is 0 Å². The highest BCUT2D eigenvalue weighted by Crippen LogP contribution is 2.40. The maximum Gasteiger partial charge on any atom is 0.408 e. The fourth-order valence-corrected chi connectivity index (χ4v) is 2.27. The molecular weight excluding hydrogens is 204 g/mol. The van der Waals surface area contributed by atoms with Crippen LogP contribution in [0.15, 0.2) is 0 Å². The molecule has 0 aromatic rings. The molecule has 0 bridgehead atoms. The van der Waals surface area contributed by atoms with E-state index < -0.39 is 5.60 Å². The summed E-state index contributed by atoms with van der Waals surface area (Å²) in [5.74, 6) is 0.394. The highest BCUT2D eigenvalue weighted by atomic mass is 16.6. The minimum Gasteiger partial charge on any atom is -0.444 e. The van der Waals surface area contributed by atoms with Crippen LogP contribution in [0.3, 0.4) is 0 Å². The Balaban J connectivity index is 2.54. The molecule has 0 radical (unpaired) electrons. The van der Waals surface area contributed by atoms with Gasteiger partial charge in [-0.05, 0) is 52.5 Å². The van der Waals surface area contributed by atoms with Crippen LogP contribution >= 0.6 is 0 Å². The molecule has 1 rings (SSSR count). The summed E-state index contributed by atoms with van der Waals surface area (Å²) < 4.78 is 5.27. The van der Waals surface area contributed by atoms with Gasteiger partial charge in [-0.25, -0.2) is 4.79 Å². The van der Waals surface area contributed by atoms with Crippen LogP contribution in [-0.2, 0) is 4.74 Å². The number of hydrogen-bond acceptors (Lipinski definition) is 3. The van der Waals surface area contributed by atoms with Gasteiger partial charge < -0.3 is 15.8 Å². The van der Waals surface area contributed by atoms with Crippen LogP contribution in [0.2, 0.25) is 0 Å². The van der Waals surface area contributed by atoms with Gasteiger partial charge >= 0.3 is 6.09 Å². The molecule has 1 fully saturated rings. The van der Waals surface area contributed by atoms with Crippen molar-refractivity contribution >= 4 is 6.09 Å². The number of amides is 1. The molecule has 4 heteroatoms. The Bertz CT molecular complexity index is 254. The highest BCUT2D eigenvalue weighted by Gasteiger charge is 2.46. The van der Waals surface area contributed by atoms with Crippen LogP contribution < -0.4 is 11.1 Å². The monoisotopic (exact) mass is 228 g/mol. The molecule has 4 nitrogen and oxygen atoms in total. The number of ether oxygens (including phenoxy) is 1. The molecule has 94 valence electrons. The van der Waals surface area contributed by atoms with Crippen molar-refractivity contribution in [1.29, 1.82) is 0 Å². The molecule has 2 atom stereocenters. The third-order valence-electron chi connectivity index (χ3n) is 3.39. The zero-order valence-electron chi connectivity index (χ0n) is 10.8. The molecule has 3 N–H and O–H groups in total. The Morgan fingerprint density at radius 2 is 2.19 bits per heavy atom. The zero-order chi connectivity index (χ0) is 12.4. The van der Waals surface area contributed by atoms with Gasteiger partial charge in [-0.3, -0.25) is 0 Å². The van der Waals surface area contributed by atoms with Crippen LogP contribution in [0.5, 0.6) is 0 Å². The summed E-state index contributed by atoms with van der Waals surface area (Å²) in [4.78, 5) is 11.7. The van der Waals surface area contributed by atoms with Crippen molar-refractivity contribution in [2.75, 3.05) is 6.54 Å². The van der Waals surface area contributed by atoms with E-state index in [0.29, 0.717) is 12.5 Å². The molecule has 0 saturated heterocycles. The topological polar surface area (TPSA) is 64.3 Å². The van der Waals surface area contributed by atoms with Crippen LogP contribution in [0.25, 0.3) is 0 Å². The molecule has 1 saturated carbocycles. The van der Waals surface area contributed by atoms with Crippen LogP contribution in [0.4, 0.5) is 4.79 Å². The molecule has 1 aliphatic rings. The van der Waals surface area contributed by atoms with E-state index in [2.05, 4.69) is 12.2 Å². The van der Waals surface area contributed by atoms with Gasteiger partial charge in [-0.15, -0.1) is 0 Å². The van der Waals surface area contributed by atoms with E-state index in [1.54, 1.807) is 0 Å². The summed E-state index contributed by atoms with van der Waals surface area (Å²) >= 11 is 0. The van der Waals surface area contributed by atoms with E-state index in [9.17, 15) is 4.79 Å². The maximum atomic E-state index is 11.7. The van der Waals surface area contributed by atoms with Crippen molar-refractivity contribution in [2.45, 2.75) is 58.1 Å². The lowest BCUT2D eigenvalue weighted by molar-refractivity contribution is 0.0227. The smallest absolute Gasteiger partial charge is 0.408 e. The lowest BCUT2D eigenvalue weighted by atomic mass is 9.65. The number of carbonyl (C=O) groups is 1. The summed E-state index contributed by atoms with van der Waals surface area (Å²) in [5, 5.41) is 3.00. The molecule has 0 aliphatic heterocycles. The van der Waals surface area contributed by atoms with Gasteiger partial charge in [-0.2, -0.15) is 0 Å². The van der Waals surface area contributed by atoms with Crippen molar-refractivity contribution < 1.29 is 9.53 Å². The summed E-state index contributed by atoms with van der Waals surface area (Å²) in [6, 6.07) is 0.